The van der Waals surface area contributed by atoms with Crippen LogP contribution in [0, 0.1) is 6.92 Å². The Hall–Kier alpha value is -2.84. The normalized spacial score (nSPS) is 20.1. The van der Waals surface area contributed by atoms with E-state index in [-0.39, 0.29) is 24.3 Å². The third-order valence-corrected chi connectivity index (χ3v) is 5.70. The lowest BCUT2D eigenvalue weighted by atomic mass is 10.1. The molecule has 4 rings (SSSR count). The van der Waals surface area contributed by atoms with Crippen molar-refractivity contribution in [2.45, 2.75) is 32.4 Å². The molecular weight excluding hydrogens is 398 g/mol. The highest BCUT2D eigenvalue weighted by Gasteiger charge is 2.31. The van der Waals surface area contributed by atoms with Crippen molar-refractivity contribution in [2.75, 3.05) is 44.3 Å². The number of anilines is 1. The molecule has 1 aromatic heterocycles. The van der Waals surface area contributed by atoms with Crippen molar-refractivity contribution >= 4 is 17.5 Å². The summed E-state index contributed by atoms with van der Waals surface area (Å²) in [6.07, 6.45) is -0.356. The number of ether oxygens (including phenoxy) is 2. The Labute approximate surface area is 182 Å². The molecule has 0 unspecified atom stereocenters. The number of morpholine rings is 1. The van der Waals surface area contributed by atoms with E-state index in [4.69, 9.17) is 13.9 Å². The number of hydrogen-bond donors (Lipinski definition) is 1. The van der Waals surface area contributed by atoms with E-state index < -0.39 is 6.10 Å². The number of carbonyl (C=O) groups is 2. The first kappa shape index (κ1) is 21.4. The molecule has 1 saturated heterocycles. The molecule has 0 saturated carbocycles. The smallest absolute Gasteiger partial charge is 0.267 e. The van der Waals surface area contributed by atoms with Gasteiger partial charge in [0.1, 0.15) is 17.3 Å². The fourth-order valence-corrected chi connectivity index (χ4v) is 4.03. The molecule has 0 aliphatic carbocycles. The van der Waals surface area contributed by atoms with Gasteiger partial charge in [-0.3, -0.25) is 14.5 Å². The maximum atomic E-state index is 12.7. The van der Waals surface area contributed by atoms with Gasteiger partial charge in [-0.05, 0) is 38.1 Å². The number of aryl methyl sites for hydroxylation is 1. The molecule has 2 atom stereocenters. The van der Waals surface area contributed by atoms with E-state index in [1.54, 1.807) is 11.8 Å². The number of amides is 2. The van der Waals surface area contributed by atoms with Crippen molar-refractivity contribution in [3.05, 3.63) is 47.9 Å². The molecule has 1 aromatic carbocycles. The van der Waals surface area contributed by atoms with Crippen LogP contribution in [0.5, 0.6) is 5.75 Å². The van der Waals surface area contributed by atoms with Crippen LogP contribution < -0.4 is 15.0 Å². The highest BCUT2D eigenvalue weighted by Crippen LogP contribution is 2.33. The van der Waals surface area contributed by atoms with Gasteiger partial charge in [-0.2, -0.15) is 0 Å². The van der Waals surface area contributed by atoms with Crippen molar-refractivity contribution in [1.82, 2.24) is 10.2 Å². The van der Waals surface area contributed by atoms with Crippen LogP contribution in [0.4, 0.5) is 5.69 Å². The molecule has 31 heavy (non-hydrogen) atoms. The zero-order valence-electron chi connectivity index (χ0n) is 18.0. The van der Waals surface area contributed by atoms with Gasteiger partial charge >= 0.3 is 0 Å². The molecule has 8 nitrogen and oxygen atoms in total. The van der Waals surface area contributed by atoms with Gasteiger partial charge in [-0.1, -0.05) is 12.1 Å². The van der Waals surface area contributed by atoms with Gasteiger partial charge in [-0.25, -0.2) is 0 Å². The van der Waals surface area contributed by atoms with Crippen molar-refractivity contribution < 1.29 is 23.5 Å². The second kappa shape index (κ2) is 9.53. The van der Waals surface area contributed by atoms with Crippen LogP contribution in [0.2, 0.25) is 0 Å². The predicted octanol–water partition coefficient (Wildman–Crippen LogP) is 2.28. The maximum absolute atomic E-state index is 12.7. The van der Waals surface area contributed by atoms with Crippen molar-refractivity contribution in [3.63, 3.8) is 0 Å². The SMILES string of the molecule is Cc1ccc([C@@H](CNC(=O)CCN2C(=O)[C@H](C)Oc3ccccc32)N2CCOCC2)o1. The maximum Gasteiger partial charge on any atom is 0.267 e. The Morgan fingerprint density at radius 2 is 1.97 bits per heavy atom. The van der Waals surface area contributed by atoms with Crippen LogP contribution in [0.3, 0.4) is 0 Å². The minimum absolute atomic E-state index is 0.0488. The summed E-state index contributed by atoms with van der Waals surface area (Å²) in [7, 11) is 0. The van der Waals surface area contributed by atoms with Gasteiger partial charge in [0.25, 0.3) is 5.91 Å². The number of fused-ring (bicyclic) bond motifs is 1. The summed E-state index contributed by atoms with van der Waals surface area (Å²) in [5.41, 5.74) is 0.704. The molecule has 0 spiro atoms. The van der Waals surface area contributed by atoms with E-state index in [2.05, 4.69) is 10.2 Å². The molecule has 166 valence electrons. The Morgan fingerprint density at radius 1 is 1.19 bits per heavy atom. The number of benzene rings is 1. The predicted molar refractivity (Wildman–Crippen MR) is 115 cm³/mol. The van der Waals surface area contributed by atoms with Gasteiger partial charge in [0.05, 0.1) is 24.9 Å². The third-order valence-electron chi connectivity index (χ3n) is 5.70. The number of hydrogen-bond acceptors (Lipinski definition) is 6. The third kappa shape index (κ3) is 4.91. The molecule has 2 aliphatic rings. The molecule has 0 bridgehead atoms. The highest BCUT2D eigenvalue weighted by molar-refractivity contribution is 6.00. The summed E-state index contributed by atoms with van der Waals surface area (Å²) < 4.78 is 17.0. The van der Waals surface area contributed by atoms with Gasteiger partial charge in [0.15, 0.2) is 6.10 Å². The first-order valence-electron chi connectivity index (χ1n) is 10.7. The molecule has 2 amide bonds. The first-order chi connectivity index (χ1) is 15.0. The summed E-state index contributed by atoms with van der Waals surface area (Å²) >= 11 is 0. The number of para-hydroxylation sites is 2. The molecule has 1 fully saturated rings. The molecule has 2 aromatic rings. The van der Waals surface area contributed by atoms with Crippen LogP contribution in [-0.4, -0.2) is 62.2 Å². The minimum atomic E-state index is -0.564. The number of nitrogens with one attached hydrogen (secondary N) is 1. The lowest BCUT2D eigenvalue weighted by Gasteiger charge is -2.34. The summed E-state index contributed by atoms with van der Waals surface area (Å²) in [4.78, 5) is 29.2. The van der Waals surface area contributed by atoms with E-state index in [0.29, 0.717) is 37.7 Å². The second-order valence-electron chi connectivity index (χ2n) is 7.88. The quantitative estimate of drug-likeness (QED) is 0.730. The summed E-state index contributed by atoms with van der Waals surface area (Å²) in [6.45, 7) is 7.30. The molecule has 8 heteroatoms. The van der Waals surface area contributed by atoms with E-state index >= 15 is 0 Å². The van der Waals surface area contributed by atoms with Crippen LogP contribution in [0.15, 0.2) is 40.8 Å². The number of nitrogens with zero attached hydrogens (tertiary/aromatic N) is 2. The summed E-state index contributed by atoms with van der Waals surface area (Å²) in [6, 6.07) is 11.3. The Kier molecular flexibility index (Phi) is 6.58. The monoisotopic (exact) mass is 427 g/mol. The highest BCUT2D eigenvalue weighted by atomic mass is 16.5. The summed E-state index contributed by atoms with van der Waals surface area (Å²) in [5.74, 6) is 2.11. The van der Waals surface area contributed by atoms with E-state index in [0.717, 1.165) is 24.6 Å². The van der Waals surface area contributed by atoms with Crippen molar-refractivity contribution in [2.24, 2.45) is 0 Å². The van der Waals surface area contributed by atoms with Crippen LogP contribution >= 0.6 is 0 Å². The van der Waals surface area contributed by atoms with Crippen LogP contribution in [0.1, 0.15) is 30.9 Å². The topological polar surface area (TPSA) is 84.2 Å². The Morgan fingerprint density at radius 3 is 2.71 bits per heavy atom. The number of furan rings is 1. The number of rotatable bonds is 7. The zero-order chi connectivity index (χ0) is 21.8. The average Bonchev–Trinajstić information content (AvgIpc) is 3.21. The fraction of sp³-hybridized carbons (Fsp3) is 0.478. The van der Waals surface area contributed by atoms with Gasteiger partial charge in [0.2, 0.25) is 5.91 Å². The van der Waals surface area contributed by atoms with Crippen molar-refractivity contribution in [1.29, 1.82) is 0 Å². The minimum Gasteiger partial charge on any atom is -0.479 e. The van der Waals surface area contributed by atoms with Crippen molar-refractivity contribution in [3.8, 4) is 5.75 Å². The molecule has 1 N–H and O–H groups in total. The van der Waals surface area contributed by atoms with E-state index in [1.807, 2.05) is 43.3 Å². The fourth-order valence-electron chi connectivity index (χ4n) is 4.03. The molecular formula is C23H29N3O5. The Balaban J connectivity index is 1.37. The zero-order valence-corrected chi connectivity index (χ0v) is 18.0. The van der Waals surface area contributed by atoms with E-state index in [9.17, 15) is 9.59 Å². The number of carbonyl (C=O) groups excluding carboxylic acids is 2. The molecule has 0 radical (unpaired) electrons. The second-order valence-corrected chi connectivity index (χ2v) is 7.88. The average molecular weight is 428 g/mol. The lowest BCUT2D eigenvalue weighted by Crippen LogP contribution is -2.46. The molecule has 3 heterocycles. The lowest BCUT2D eigenvalue weighted by molar-refractivity contribution is -0.125. The van der Waals surface area contributed by atoms with Gasteiger partial charge in [-0.15, -0.1) is 0 Å². The summed E-state index contributed by atoms with van der Waals surface area (Å²) in [5, 5.41) is 3.03. The van der Waals surface area contributed by atoms with Crippen LogP contribution in [0.25, 0.3) is 0 Å². The van der Waals surface area contributed by atoms with Gasteiger partial charge in [0, 0.05) is 32.6 Å². The largest absolute Gasteiger partial charge is 0.479 e. The van der Waals surface area contributed by atoms with Crippen LogP contribution in [-0.2, 0) is 14.3 Å². The standard InChI is InChI=1S/C23H29N3O5/c1-16-7-8-21(30-16)19(25-11-13-29-14-12-25)15-24-22(27)9-10-26-18-5-3-4-6-20(18)31-17(2)23(26)28/h3-8,17,19H,9-15H2,1-2H3,(H,24,27)/t17-,19+/m0/s1. The van der Waals surface area contributed by atoms with E-state index in [1.165, 1.54) is 0 Å². The van der Waals surface area contributed by atoms with Gasteiger partial charge < -0.3 is 24.1 Å². The Bertz CT molecular complexity index is 921. The molecule has 2 aliphatic heterocycles. The first-order valence-corrected chi connectivity index (χ1v) is 10.7.